The SMILES string of the molecule is CC(=O)Cn1ncc2ncnc(NCCc3cnc(NC(=O)Nc4cccc(Cl)c4)s3)c21. The standard InChI is InChI=1S/C20H19ClN8O2S/c1-12(30)10-29-17-16(9-26-29)24-11-25-18(17)22-6-5-15-8-23-20(32-15)28-19(31)27-14-4-2-3-13(21)7-14/h2-4,7-9,11H,5-6,10H2,1H3,(H,22,24,25)(H2,23,27,28,31). The number of Topliss-reactive ketones (excluding diaryl/α,β-unsaturated/α-hetero) is 1. The molecule has 10 nitrogen and oxygen atoms in total. The van der Waals surface area contributed by atoms with Gasteiger partial charge in [0.2, 0.25) is 0 Å². The van der Waals surface area contributed by atoms with Crippen LogP contribution in [0.15, 0.2) is 43.0 Å². The summed E-state index contributed by atoms with van der Waals surface area (Å²) in [5, 5.41) is 13.9. The Kier molecular flexibility index (Phi) is 6.57. The van der Waals surface area contributed by atoms with E-state index in [9.17, 15) is 9.59 Å². The molecule has 3 N–H and O–H groups in total. The van der Waals surface area contributed by atoms with Crippen molar-refractivity contribution in [3.63, 3.8) is 0 Å². The first kappa shape index (κ1) is 21.7. The third kappa shape index (κ3) is 5.37. The molecule has 2 amide bonds. The van der Waals surface area contributed by atoms with Gasteiger partial charge in [-0.2, -0.15) is 5.10 Å². The quantitative estimate of drug-likeness (QED) is 0.357. The van der Waals surface area contributed by atoms with Crippen molar-refractivity contribution >= 4 is 62.4 Å². The topological polar surface area (TPSA) is 127 Å². The van der Waals surface area contributed by atoms with Gasteiger partial charge in [-0.15, -0.1) is 11.3 Å². The molecule has 0 aliphatic heterocycles. The summed E-state index contributed by atoms with van der Waals surface area (Å²) in [6.07, 6.45) is 5.46. The molecule has 0 bridgehead atoms. The molecule has 0 radical (unpaired) electrons. The molecule has 12 heteroatoms. The summed E-state index contributed by atoms with van der Waals surface area (Å²) in [7, 11) is 0. The molecule has 0 fully saturated rings. The van der Waals surface area contributed by atoms with Gasteiger partial charge >= 0.3 is 6.03 Å². The zero-order valence-corrected chi connectivity index (χ0v) is 18.6. The Morgan fingerprint density at radius 3 is 2.84 bits per heavy atom. The van der Waals surface area contributed by atoms with Crippen molar-refractivity contribution in [2.45, 2.75) is 19.9 Å². The number of carbonyl (C=O) groups excluding carboxylic acids is 2. The van der Waals surface area contributed by atoms with Crippen molar-refractivity contribution < 1.29 is 9.59 Å². The number of nitrogens with one attached hydrogen (secondary N) is 3. The number of halogens is 1. The van der Waals surface area contributed by atoms with E-state index in [0.717, 1.165) is 4.88 Å². The second kappa shape index (κ2) is 9.71. The Labute approximate surface area is 192 Å². The van der Waals surface area contributed by atoms with E-state index < -0.39 is 6.03 Å². The zero-order valence-electron chi connectivity index (χ0n) is 17.0. The van der Waals surface area contributed by atoms with Crippen LogP contribution in [0.2, 0.25) is 5.02 Å². The lowest BCUT2D eigenvalue weighted by atomic mass is 10.3. The van der Waals surface area contributed by atoms with E-state index in [-0.39, 0.29) is 12.3 Å². The van der Waals surface area contributed by atoms with Crippen LogP contribution in [0, 0.1) is 0 Å². The van der Waals surface area contributed by atoms with Crippen LogP contribution in [-0.4, -0.2) is 43.1 Å². The van der Waals surface area contributed by atoms with Crippen molar-refractivity contribution in [2.75, 3.05) is 22.5 Å². The maximum absolute atomic E-state index is 12.2. The number of aromatic nitrogens is 5. The molecule has 0 spiro atoms. The number of thiazole rings is 1. The minimum atomic E-state index is -0.395. The Balaban J connectivity index is 1.33. The molecule has 0 unspecified atom stereocenters. The van der Waals surface area contributed by atoms with Crippen LogP contribution in [0.25, 0.3) is 11.0 Å². The molecule has 0 aliphatic rings. The molecular formula is C20H19ClN8O2S. The normalized spacial score (nSPS) is 10.8. The average molecular weight is 471 g/mol. The third-order valence-corrected chi connectivity index (χ3v) is 5.53. The minimum Gasteiger partial charge on any atom is -0.368 e. The first-order chi connectivity index (χ1) is 15.5. The molecule has 4 rings (SSSR count). The highest BCUT2D eigenvalue weighted by molar-refractivity contribution is 7.15. The number of fused-ring (bicyclic) bond motifs is 1. The number of ketones is 1. The van der Waals surface area contributed by atoms with E-state index in [4.69, 9.17) is 11.6 Å². The average Bonchev–Trinajstić information content (AvgIpc) is 3.35. The fourth-order valence-electron chi connectivity index (χ4n) is 2.99. The number of urea groups is 1. The van der Waals surface area contributed by atoms with Crippen LogP contribution in [-0.2, 0) is 17.8 Å². The number of hydrogen-bond donors (Lipinski definition) is 3. The first-order valence-electron chi connectivity index (χ1n) is 9.66. The van der Waals surface area contributed by atoms with Crippen LogP contribution in [0.1, 0.15) is 11.8 Å². The number of hydrogen-bond acceptors (Lipinski definition) is 8. The molecule has 0 atom stereocenters. The van der Waals surface area contributed by atoms with Crippen molar-refractivity contribution in [1.82, 2.24) is 24.7 Å². The van der Waals surface area contributed by atoms with E-state index >= 15 is 0 Å². The second-order valence-electron chi connectivity index (χ2n) is 6.86. The van der Waals surface area contributed by atoms with Gasteiger partial charge in [0, 0.05) is 34.7 Å². The van der Waals surface area contributed by atoms with Crippen LogP contribution in [0.3, 0.4) is 0 Å². The smallest absolute Gasteiger partial charge is 0.325 e. The Bertz CT molecular complexity index is 1270. The van der Waals surface area contributed by atoms with Gasteiger partial charge in [0.25, 0.3) is 0 Å². The van der Waals surface area contributed by atoms with Gasteiger partial charge < -0.3 is 10.6 Å². The molecule has 32 heavy (non-hydrogen) atoms. The summed E-state index contributed by atoms with van der Waals surface area (Å²) in [6.45, 7) is 2.25. The molecule has 1 aromatic carbocycles. The zero-order chi connectivity index (χ0) is 22.5. The number of carbonyl (C=O) groups is 2. The van der Waals surface area contributed by atoms with Crippen molar-refractivity contribution in [1.29, 1.82) is 0 Å². The fourth-order valence-corrected chi connectivity index (χ4v) is 3.99. The molecule has 0 aliphatic carbocycles. The number of rotatable bonds is 8. The maximum atomic E-state index is 12.2. The van der Waals surface area contributed by atoms with Gasteiger partial charge in [0.05, 0.1) is 6.20 Å². The summed E-state index contributed by atoms with van der Waals surface area (Å²) >= 11 is 7.31. The lowest BCUT2D eigenvalue weighted by molar-refractivity contribution is -0.117. The molecular weight excluding hydrogens is 452 g/mol. The summed E-state index contributed by atoms with van der Waals surface area (Å²) in [5.41, 5.74) is 1.95. The van der Waals surface area contributed by atoms with Gasteiger partial charge in [-0.25, -0.2) is 19.7 Å². The molecule has 0 saturated heterocycles. The molecule has 3 aromatic heterocycles. The van der Waals surface area contributed by atoms with Crippen LogP contribution in [0.5, 0.6) is 0 Å². The molecule has 164 valence electrons. The van der Waals surface area contributed by atoms with Gasteiger partial charge in [-0.3, -0.25) is 14.8 Å². The van der Waals surface area contributed by atoms with Crippen molar-refractivity contribution in [2.24, 2.45) is 0 Å². The number of amides is 2. The van der Waals surface area contributed by atoms with E-state index in [1.165, 1.54) is 24.6 Å². The lowest BCUT2D eigenvalue weighted by Crippen LogP contribution is -2.19. The van der Waals surface area contributed by atoms with Gasteiger partial charge in [-0.05, 0) is 25.1 Å². The van der Waals surface area contributed by atoms with Crippen molar-refractivity contribution in [3.8, 4) is 0 Å². The van der Waals surface area contributed by atoms with Gasteiger partial charge in [-0.1, -0.05) is 17.7 Å². The summed E-state index contributed by atoms with van der Waals surface area (Å²) in [4.78, 5) is 37.4. The monoisotopic (exact) mass is 470 g/mol. The van der Waals surface area contributed by atoms with E-state index in [1.807, 2.05) is 0 Å². The predicted molar refractivity (Wildman–Crippen MR) is 124 cm³/mol. The fraction of sp³-hybridized carbons (Fsp3) is 0.200. The third-order valence-electron chi connectivity index (χ3n) is 4.32. The van der Waals surface area contributed by atoms with Gasteiger partial charge in [0.15, 0.2) is 16.7 Å². The van der Waals surface area contributed by atoms with Crippen molar-refractivity contribution in [3.05, 3.63) is 52.9 Å². The Hall–Kier alpha value is -3.57. The van der Waals surface area contributed by atoms with Crippen LogP contribution >= 0.6 is 22.9 Å². The number of benzene rings is 1. The highest BCUT2D eigenvalue weighted by Gasteiger charge is 2.12. The van der Waals surface area contributed by atoms with Gasteiger partial charge in [0.1, 0.15) is 23.9 Å². The summed E-state index contributed by atoms with van der Waals surface area (Å²) in [5.74, 6) is 0.603. The van der Waals surface area contributed by atoms with E-state index in [1.54, 1.807) is 41.3 Å². The number of nitrogens with zero attached hydrogens (tertiary/aromatic N) is 5. The maximum Gasteiger partial charge on any atom is 0.325 e. The second-order valence-corrected chi connectivity index (χ2v) is 8.41. The van der Waals surface area contributed by atoms with Crippen LogP contribution < -0.4 is 16.0 Å². The summed E-state index contributed by atoms with van der Waals surface area (Å²) in [6, 6.07) is 6.50. The predicted octanol–water partition coefficient (Wildman–Crippen LogP) is 3.82. The van der Waals surface area contributed by atoms with Crippen LogP contribution in [0.4, 0.5) is 21.4 Å². The molecule has 0 saturated carbocycles. The Morgan fingerprint density at radius 1 is 1.16 bits per heavy atom. The number of anilines is 3. The Morgan fingerprint density at radius 2 is 2.03 bits per heavy atom. The molecule has 4 aromatic rings. The summed E-state index contributed by atoms with van der Waals surface area (Å²) < 4.78 is 1.59. The first-order valence-corrected chi connectivity index (χ1v) is 10.9. The van der Waals surface area contributed by atoms with E-state index in [0.29, 0.717) is 45.7 Å². The highest BCUT2D eigenvalue weighted by Crippen LogP contribution is 2.22. The minimum absolute atomic E-state index is 0.00566. The lowest BCUT2D eigenvalue weighted by Gasteiger charge is -2.08. The molecule has 3 heterocycles. The van der Waals surface area contributed by atoms with E-state index in [2.05, 4.69) is 36.0 Å². The highest BCUT2D eigenvalue weighted by atomic mass is 35.5. The largest absolute Gasteiger partial charge is 0.368 e.